The van der Waals surface area contributed by atoms with Crippen LogP contribution in [0.3, 0.4) is 0 Å². The second kappa shape index (κ2) is 12.7. The number of carbonyl (C=O) groups excluding carboxylic acids is 1. The van der Waals surface area contributed by atoms with Crippen molar-refractivity contribution in [3.05, 3.63) is 77.9 Å². The molecule has 0 aliphatic rings. The van der Waals surface area contributed by atoms with E-state index in [1.54, 1.807) is 6.07 Å². The molecule has 3 aromatic rings. The fourth-order valence-corrected chi connectivity index (χ4v) is 3.69. The number of benzene rings is 3. The molecule has 1 amide bonds. The minimum atomic E-state index is -1.02. The van der Waals surface area contributed by atoms with Gasteiger partial charge in [-0.1, -0.05) is 54.6 Å². The minimum absolute atomic E-state index is 0.191. The van der Waals surface area contributed by atoms with Gasteiger partial charge in [-0.05, 0) is 41.3 Å². The molecule has 5 N–H and O–H groups in total. The lowest BCUT2D eigenvalue weighted by Gasteiger charge is -2.26. The van der Waals surface area contributed by atoms with Gasteiger partial charge in [0.05, 0.1) is 18.7 Å². The number of halogens is 1. The molecule has 2 atom stereocenters. The first-order chi connectivity index (χ1) is 16.5. The van der Waals surface area contributed by atoms with Crippen molar-refractivity contribution in [2.45, 2.75) is 31.7 Å². The molecule has 1 unspecified atom stereocenters. The summed E-state index contributed by atoms with van der Waals surface area (Å²) in [5.74, 6) is -0.110. The van der Waals surface area contributed by atoms with Crippen LogP contribution in [0.15, 0.2) is 66.7 Å². The molecule has 0 fully saturated rings. The number of carbonyl (C=O) groups is 1. The molecule has 34 heavy (non-hydrogen) atoms. The summed E-state index contributed by atoms with van der Waals surface area (Å²) in [5.41, 5.74) is 1.37. The van der Waals surface area contributed by atoms with E-state index < -0.39 is 18.9 Å². The molecule has 0 saturated heterocycles. The number of amides is 1. The molecule has 0 bridgehead atoms. The Hall–Kier alpha value is -3.49. The Morgan fingerprint density at radius 1 is 1.09 bits per heavy atom. The molecule has 0 radical (unpaired) electrons. The largest absolute Gasteiger partial charge is 0.496 e. The predicted octanol–water partition coefficient (Wildman–Crippen LogP) is 3.37. The lowest BCUT2D eigenvalue weighted by atomic mass is 10.0. The second-order valence-corrected chi connectivity index (χ2v) is 7.97. The summed E-state index contributed by atoms with van der Waals surface area (Å²) >= 11 is 0. The maximum Gasteiger partial charge on any atom is 0.255 e. The molecular weight excluding hydrogens is 435 g/mol. The molecule has 3 aromatic carbocycles. The van der Waals surface area contributed by atoms with Crippen molar-refractivity contribution in [3.63, 3.8) is 0 Å². The van der Waals surface area contributed by atoms with Gasteiger partial charge in [0.1, 0.15) is 24.5 Å². The van der Waals surface area contributed by atoms with E-state index in [1.165, 1.54) is 7.11 Å². The van der Waals surface area contributed by atoms with Crippen molar-refractivity contribution < 1.29 is 19.0 Å². The number of hydrogen-bond donors (Lipinski definition) is 5. The maximum atomic E-state index is 13.2. The number of rotatable bonds is 12. The highest BCUT2D eigenvalue weighted by atomic mass is 19.1. The van der Waals surface area contributed by atoms with Crippen LogP contribution in [-0.2, 0) is 6.54 Å². The lowest BCUT2D eigenvalue weighted by Crippen LogP contribution is -2.50. The van der Waals surface area contributed by atoms with Crippen molar-refractivity contribution in [2.24, 2.45) is 0 Å². The third kappa shape index (κ3) is 7.00. The van der Waals surface area contributed by atoms with Crippen LogP contribution in [0.2, 0.25) is 0 Å². The lowest BCUT2D eigenvalue weighted by molar-refractivity contribution is 0.0701. The summed E-state index contributed by atoms with van der Waals surface area (Å²) in [6, 6.07) is 20.3. The van der Waals surface area contributed by atoms with Gasteiger partial charge < -0.3 is 20.5 Å². The Balaban J connectivity index is 1.72. The summed E-state index contributed by atoms with van der Waals surface area (Å²) in [6.45, 7) is -0.0680. The quantitative estimate of drug-likeness (QED) is 0.122. The first-order valence-electron chi connectivity index (χ1n) is 11.2. The number of aliphatic hydroxyl groups is 1. The van der Waals surface area contributed by atoms with Crippen molar-refractivity contribution in [3.8, 4) is 5.75 Å². The van der Waals surface area contributed by atoms with Gasteiger partial charge in [0.25, 0.3) is 5.91 Å². The van der Waals surface area contributed by atoms with Crippen molar-refractivity contribution >= 4 is 22.5 Å². The first-order valence-corrected chi connectivity index (χ1v) is 11.2. The van der Waals surface area contributed by atoms with E-state index in [0.29, 0.717) is 37.2 Å². The highest BCUT2D eigenvalue weighted by Gasteiger charge is 2.23. The van der Waals surface area contributed by atoms with Crippen molar-refractivity contribution in [1.82, 2.24) is 16.0 Å². The Kier molecular flexibility index (Phi) is 9.37. The van der Waals surface area contributed by atoms with Crippen LogP contribution in [0.5, 0.6) is 5.75 Å². The average molecular weight is 467 g/mol. The Morgan fingerprint density at radius 2 is 1.76 bits per heavy atom. The Labute approximate surface area is 198 Å². The molecule has 0 spiro atoms. The third-order valence-electron chi connectivity index (χ3n) is 5.53. The molecular formula is C26H31FN4O3. The van der Waals surface area contributed by atoms with Gasteiger partial charge in [-0.15, -0.1) is 0 Å². The zero-order valence-electron chi connectivity index (χ0n) is 19.2. The highest BCUT2D eigenvalue weighted by molar-refractivity contribution is 6.01. The normalized spacial score (nSPS) is 12.7. The standard InChI is InChI=1S/C26H31FN4O3/c1-34-23-15-20-11-6-5-10-19(20)14-21(23)25(32)31-22(12-7-13-29-24(28)16-27)26(33)30-17-18-8-3-2-4-9-18/h2-6,8-11,14-15,22,26,30,33H,7,12-13,16-17H2,1H3,(H2,28,29)(H,31,32)/t22-,26?/m0/s1. The average Bonchev–Trinajstić information content (AvgIpc) is 2.88. The number of ether oxygens (including phenoxy) is 1. The van der Waals surface area contributed by atoms with E-state index in [-0.39, 0.29) is 11.7 Å². The van der Waals surface area contributed by atoms with Crippen LogP contribution in [-0.4, -0.2) is 49.4 Å². The molecule has 3 rings (SSSR count). The molecule has 0 saturated carbocycles. The van der Waals surface area contributed by atoms with Crippen molar-refractivity contribution in [1.29, 1.82) is 5.41 Å². The molecule has 0 heterocycles. The molecule has 7 nitrogen and oxygen atoms in total. The van der Waals surface area contributed by atoms with Crippen LogP contribution in [0.1, 0.15) is 28.8 Å². The topological polar surface area (TPSA) is 106 Å². The fourth-order valence-electron chi connectivity index (χ4n) is 3.69. The second-order valence-electron chi connectivity index (χ2n) is 7.97. The van der Waals surface area contributed by atoms with E-state index in [9.17, 15) is 14.3 Å². The SMILES string of the molecule is COc1cc2ccccc2cc1C(=O)N[C@@H](CCCNC(=N)CF)C(O)NCc1ccccc1. The van der Waals surface area contributed by atoms with Crippen LogP contribution in [0.4, 0.5) is 4.39 Å². The van der Waals surface area contributed by atoms with E-state index >= 15 is 0 Å². The summed E-state index contributed by atoms with van der Waals surface area (Å²) < 4.78 is 17.9. The summed E-state index contributed by atoms with van der Waals surface area (Å²) in [5, 5.41) is 28.7. The number of fused-ring (bicyclic) bond motifs is 1. The summed E-state index contributed by atoms with van der Waals surface area (Å²) in [4.78, 5) is 13.2. The van der Waals surface area contributed by atoms with Gasteiger partial charge in [-0.3, -0.25) is 15.5 Å². The monoisotopic (exact) mass is 466 g/mol. The number of nitrogens with one attached hydrogen (secondary N) is 4. The van der Waals surface area contributed by atoms with Gasteiger partial charge in [-0.2, -0.15) is 0 Å². The fraction of sp³-hybridized carbons (Fsp3) is 0.308. The number of amidine groups is 1. The van der Waals surface area contributed by atoms with Crippen molar-refractivity contribution in [2.75, 3.05) is 20.3 Å². The van der Waals surface area contributed by atoms with Gasteiger partial charge in [0.2, 0.25) is 0 Å². The number of alkyl halides is 1. The van der Waals surface area contributed by atoms with Crippen LogP contribution in [0.25, 0.3) is 10.8 Å². The van der Waals surface area contributed by atoms with Gasteiger partial charge >= 0.3 is 0 Å². The molecule has 8 heteroatoms. The van der Waals surface area contributed by atoms with Gasteiger partial charge in [-0.25, -0.2) is 4.39 Å². The van der Waals surface area contributed by atoms with E-state index in [0.717, 1.165) is 16.3 Å². The van der Waals surface area contributed by atoms with E-state index in [1.807, 2.05) is 60.7 Å². The van der Waals surface area contributed by atoms with Crippen LogP contribution >= 0.6 is 0 Å². The zero-order valence-corrected chi connectivity index (χ0v) is 19.2. The number of methoxy groups -OCH3 is 1. The summed E-state index contributed by atoms with van der Waals surface area (Å²) in [7, 11) is 1.51. The zero-order chi connectivity index (χ0) is 24.3. The Bertz CT molecular complexity index is 1090. The molecule has 180 valence electrons. The molecule has 0 aliphatic heterocycles. The van der Waals surface area contributed by atoms with Crippen LogP contribution < -0.4 is 20.7 Å². The number of aliphatic hydroxyl groups excluding tert-OH is 1. The maximum absolute atomic E-state index is 13.2. The Morgan fingerprint density at radius 3 is 2.44 bits per heavy atom. The molecule has 0 aliphatic carbocycles. The van der Waals surface area contributed by atoms with Gasteiger partial charge in [0.15, 0.2) is 0 Å². The third-order valence-corrected chi connectivity index (χ3v) is 5.53. The molecule has 0 aromatic heterocycles. The minimum Gasteiger partial charge on any atom is -0.496 e. The first kappa shape index (κ1) is 25.1. The van der Waals surface area contributed by atoms with E-state index in [2.05, 4.69) is 16.0 Å². The predicted molar refractivity (Wildman–Crippen MR) is 132 cm³/mol. The van der Waals surface area contributed by atoms with Gasteiger partial charge in [0, 0.05) is 13.1 Å². The number of hydrogen-bond acceptors (Lipinski definition) is 5. The summed E-state index contributed by atoms with van der Waals surface area (Å²) in [6.07, 6.45) is -0.0834. The highest BCUT2D eigenvalue weighted by Crippen LogP contribution is 2.26. The van der Waals surface area contributed by atoms with Crippen LogP contribution in [0, 0.1) is 5.41 Å². The smallest absolute Gasteiger partial charge is 0.255 e. The van der Waals surface area contributed by atoms with E-state index in [4.69, 9.17) is 10.1 Å².